The van der Waals surface area contributed by atoms with Gasteiger partial charge in [0.25, 0.3) is 11.3 Å². The van der Waals surface area contributed by atoms with Gasteiger partial charge in [-0.05, 0) is 5.56 Å². The van der Waals surface area contributed by atoms with E-state index in [4.69, 9.17) is 0 Å². The summed E-state index contributed by atoms with van der Waals surface area (Å²) in [7, 11) is 0. The fourth-order valence-corrected chi connectivity index (χ4v) is 3.16. The summed E-state index contributed by atoms with van der Waals surface area (Å²) < 4.78 is 1.49. The molecule has 0 saturated carbocycles. The van der Waals surface area contributed by atoms with Crippen LogP contribution in [-0.2, 0) is 11.2 Å². The van der Waals surface area contributed by atoms with E-state index in [0.29, 0.717) is 17.3 Å². The molecule has 25 heavy (non-hydrogen) atoms. The molecular weight excluding hydrogens is 338 g/mol. The van der Waals surface area contributed by atoms with Crippen molar-refractivity contribution < 1.29 is 4.79 Å². The van der Waals surface area contributed by atoms with Crippen LogP contribution >= 0.6 is 11.8 Å². The van der Waals surface area contributed by atoms with Gasteiger partial charge in [0.15, 0.2) is 0 Å². The summed E-state index contributed by atoms with van der Waals surface area (Å²) in [6.45, 7) is 5.64. The van der Waals surface area contributed by atoms with Crippen LogP contribution in [0.5, 0.6) is 0 Å². The first-order valence-corrected chi connectivity index (χ1v) is 8.88. The van der Waals surface area contributed by atoms with Crippen LogP contribution in [0.15, 0.2) is 40.3 Å². The molecule has 0 bridgehead atoms. The number of carbonyl (C=O) groups excluding carboxylic acids is 1. The monoisotopic (exact) mass is 357 g/mol. The molecule has 2 aromatic heterocycles. The summed E-state index contributed by atoms with van der Waals surface area (Å²) >= 11 is 1.27. The van der Waals surface area contributed by atoms with Crippen LogP contribution in [-0.4, -0.2) is 36.3 Å². The lowest BCUT2D eigenvalue weighted by Crippen LogP contribution is -2.22. The normalized spacial score (nSPS) is 11.8. The van der Waals surface area contributed by atoms with Gasteiger partial charge < -0.3 is 0 Å². The second-order valence-electron chi connectivity index (χ2n) is 6.74. The van der Waals surface area contributed by atoms with Crippen molar-refractivity contribution in [1.29, 1.82) is 0 Å². The van der Waals surface area contributed by atoms with E-state index in [1.807, 2.05) is 51.1 Å². The number of aromatic amines is 1. The van der Waals surface area contributed by atoms with Crippen LogP contribution in [0.3, 0.4) is 0 Å². The Morgan fingerprint density at radius 2 is 1.92 bits per heavy atom. The lowest BCUT2D eigenvalue weighted by molar-refractivity contribution is -0.123. The number of fused-ring (bicyclic) bond motifs is 1. The van der Waals surface area contributed by atoms with E-state index in [0.717, 1.165) is 5.56 Å². The molecule has 0 aliphatic rings. The third-order valence-corrected chi connectivity index (χ3v) is 4.62. The summed E-state index contributed by atoms with van der Waals surface area (Å²) in [6, 6.07) is 9.63. The Labute approximate surface area is 148 Å². The van der Waals surface area contributed by atoms with Crippen molar-refractivity contribution in [3.05, 3.63) is 51.9 Å². The Balaban J connectivity index is 1.88. The maximum atomic E-state index is 12.2. The standard InChI is InChI=1S/C17H19N5O2S/c1-17(2,3)13(23)10-25-16-20-19-15-18-14(24)12(21-22(15)16)9-11-7-5-4-6-8-11/h4-8H,9-10H2,1-3H3,(H,18,19,24). The first-order chi connectivity index (χ1) is 11.8. The molecule has 7 nitrogen and oxygen atoms in total. The lowest BCUT2D eigenvalue weighted by Gasteiger charge is -2.15. The smallest absolute Gasteiger partial charge is 0.274 e. The summed E-state index contributed by atoms with van der Waals surface area (Å²) in [5, 5.41) is 12.8. The van der Waals surface area contributed by atoms with Crippen molar-refractivity contribution in [3.8, 4) is 0 Å². The number of hydrogen-bond donors (Lipinski definition) is 1. The van der Waals surface area contributed by atoms with Crippen molar-refractivity contribution >= 4 is 23.3 Å². The van der Waals surface area contributed by atoms with Gasteiger partial charge in [-0.15, -0.1) is 10.2 Å². The minimum absolute atomic E-state index is 0.114. The van der Waals surface area contributed by atoms with Crippen LogP contribution in [0, 0.1) is 5.41 Å². The first-order valence-electron chi connectivity index (χ1n) is 7.89. The molecular formula is C17H19N5O2S. The van der Waals surface area contributed by atoms with E-state index >= 15 is 0 Å². The molecule has 0 unspecified atom stereocenters. The van der Waals surface area contributed by atoms with Crippen LogP contribution in [0.1, 0.15) is 32.0 Å². The van der Waals surface area contributed by atoms with Crippen LogP contribution in [0.2, 0.25) is 0 Å². The Morgan fingerprint density at radius 1 is 1.20 bits per heavy atom. The van der Waals surface area contributed by atoms with Gasteiger partial charge in [0.05, 0.1) is 5.75 Å². The molecule has 0 fully saturated rings. The first kappa shape index (κ1) is 17.3. The number of nitrogens with zero attached hydrogens (tertiary/aromatic N) is 4. The zero-order valence-corrected chi connectivity index (χ0v) is 15.1. The van der Waals surface area contributed by atoms with Crippen LogP contribution in [0.4, 0.5) is 0 Å². The number of hydrogen-bond acceptors (Lipinski definition) is 6. The molecule has 0 aliphatic heterocycles. The second-order valence-corrected chi connectivity index (χ2v) is 7.69. The molecule has 3 aromatic rings. The highest BCUT2D eigenvalue weighted by Gasteiger charge is 2.22. The van der Waals surface area contributed by atoms with Gasteiger partial charge in [-0.2, -0.15) is 9.61 Å². The zero-order valence-electron chi connectivity index (χ0n) is 14.3. The molecule has 0 atom stereocenters. The number of rotatable bonds is 5. The number of H-pyrrole nitrogens is 1. The average Bonchev–Trinajstić information content (AvgIpc) is 2.95. The van der Waals surface area contributed by atoms with E-state index in [1.54, 1.807) is 0 Å². The molecule has 3 rings (SSSR count). The maximum absolute atomic E-state index is 12.2. The highest BCUT2D eigenvalue weighted by atomic mass is 32.2. The minimum atomic E-state index is -0.409. The molecule has 0 aliphatic carbocycles. The fourth-order valence-electron chi connectivity index (χ4n) is 2.11. The Kier molecular flexibility index (Phi) is 4.71. The molecule has 0 radical (unpaired) electrons. The molecule has 130 valence electrons. The number of Topliss-reactive ketones (excluding diaryl/α,β-unsaturated/α-hetero) is 1. The van der Waals surface area contributed by atoms with Crippen molar-refractivity contribution in [3.63, 3.8) is 0 Å². The second kappa shape index (κ2) is 6.79. The molecule has 0 saturated heterocycles. The molecule has 8 heteroatoms. The van der Waals surface area contributed by atoms with E-state index in [1.165, 1.54) is 16.3 Å². The molecule has 0 spiro atoms. The third-order valence-electron chi connectivity index (χ3n) is 3.70. The fraction of sp³-hybridized carbons (Fsp3) is 0.353. The molecule has 0 amide bonds. The van der Waals surface area contributed by atoms with Crippen molar-refractivity contribution in [2.45, 2.75) is 32.3 Å². The number of carbonyl (C=O) groups is 1. The Hall–Kier alpha value is -2.48. The number of nitrogens with one attached hydrogen (secondary N) is 1. The zero-order chi connectivity index (χ0) is 18.0. The van der Waals surface area contributed by atoms with E-state index in [9.17, 15) is 9.59 Å². The molecule has 2 heterocycles. The van der Waals surface area contributed by atoms with Crippen LogP contribution in [0.25, 0.3) is 5.78 Å². The van der Waals surface area contributed by atoms with E-state index < -0.39 is 5.41 Å². The number of aromatic nitrogens is 5. The summed E-state index contributed by atoms with van der Waals surface area (Å²) in [5.41, 5.74) is 0.673. The van der Waals surface area contributed by atoms with Gasteiger partial charge in [-0.1, -0.05) is 62.9 Å². The van der Waals surface area contributed by atoms with Crippen molar-refractivity contribution in [2.24, 2.45) is 5.41 Å². The van der Waals surface area contributed by atoms with Gasteiger partial charge in [-0.25, -0.2) is 0 Å². The Bertz CT molecular complexity index is 957. The van der Waals surface area contributed by atoms with Gasteiger partial charge in [0.2, 0.25) is 5.16 Å². The van der Waals surface area contributed by atoms with Gasteiger partial charge in [0.1, 0.15) is 11.5 Å². The molecule has 1 aromatic carbocycles. The minimum Gasteiger partial charge on any atom is -0.298 e. The van der Waals surface area contributed by atoms with Crippen molar-refractivity contribution in [1.82, 2.24) is 24.8 Å². The van der Waals surface area contributed by atoms with Crippen LogP contribution < -0.4 is 5.56 Å². The van der Waals surface area contributed by atoms with Crippen molar-refractivity contribution in [2.75, 3.05) is 5.75 Å². The number of benzene rings is 1. The predicted molar refractivity (Wildman–Crippen MR) is 95.8 cm³/mol. The molecule has 1 N–H and O–H groups in total. The number of thioether (sulfide) groups is 1. The van der Waals surface area contributed by atoms with Gasteiger partial charge >= 0.3 is 0 Å². The Morgan fingerprint density at radius 3 is 2.60 bits per heavy atom. The number of ketones is 1. The lowest BCUT2D eigenvalue weighted by atomic mass is 9.92. The van der Waals surface area contributed by atoms with Gasteiger partial charge in [-0.3, -0.25) is 14.6 Å². The largest absolute Gasteiger partial charge is 0.298 e. The SMILES string of the molecule is CC(C)(C)C(=O)CSc1nnc2[nH]c(=O)c(Cc3ccccc3)nn12. The predicted octanol–water partition coefficient (Wildman–Crippen LogP) is 2.11. The topological polar surface area (TPSA) is 93.0 Å². The van der Waals surface area contributed by atoms with E-state index in [-0.39, 0.29) is 22.9 Å². The third kappa shape index (κ3) is 3.96. The highest BCUT2D eigenvalue weighted by Crippen LogP contribution is 2.21. The highest BCUT2D eigenvalue weighted by molar-refractivity contribution is 7.99. The average molecular weight is 357 g/mol. The summed E-state index contributed by atoms with van der Waals surface area (Å²) in [6.07, 6.45) is 0.412. The summed E-state index contributed by atoms with van der Waals surface area (Å²) in [5.74, 6) is 0.662. The maximum Gasteiger partial charge on any atom is 0.274 e. The van der Waals surface area contributed by atoms with Gasteiger partial charge in [0, 0.05) is 11.8 Å². The quantitative estimate of drug-likeness (QED) is 0.703. The summed E-state index contributed by atoms with van der Waals surface area (Å²) in [4.78, 5) is 27.0. The van der Waals surface area contributed by atoms with E-state index in [2.05, 4.69) is 20.3 Å².